The van der Waals surface area contributed by atoms with Gasteiger partial charge in [-0.05, 0) is 36.3 Å². The van der Waals surface area contributed by atoms with E-state index in [9.17, 15) is 4.79 Å². The first-order valence-corrected chi connectivity index (χ1v) is 8.12. The summed E-state index contributed by atoms with van der Waals surface area (Å²) in [5.41, 5.74) is 3.49. The van der Waals surface area contributed by atoms with Crippen molar-refractivity contribution in [1.29, 1.82) is 0 Å². The fourth-order valence-electron chi connectivity index (χ4n) is 2.54. The number of carboxylic acids is 1. The van der Waals surface area contributed by atoms with Crippen LogP contribution in [0.25, 0.3) is 11.1 Å². The van der Waals surface area contributed by atoms with Gasteiger partial charge in [-0.2, -0.15) is 5.10 Å². The van der Waals surface area contributed by atoms with Gasteiger partial charge < -0.3 is 9.84 Å². The maximum atomic E-state index is 10.4. The van der Waals surface area contributed by atoms with Crippen molar-refractivity contribution in [3.8, 4) is 11.1 Å². The molecule has 1 N–H and O–H groups in total. The molecule has 0 aliphatic heterocycles. The summed E-state index contributed by atoms with van der Waals surface area (Å²) in [5, 5.41) is 13.0. The highest BCUT2D eigenvalue weighted by atomic mass is 16.5. The molecule has 1 fully saturated rings. The van der Waals surface area contributed by atoms with Gasteiger partial charge in [-0.15, -0.1) is 0 Å². The van der Waals surface area contributed by atoms with Crippen molar-refractivity contribution in [2.24, 2.45) is 5.92 Å². The molecule has 1 aliphatic rings. The lowest BCUT2D eigenvalue weighted by atomic mass is 10.0. The molecule has 1 aromatic heterocycles. The molecule has 3 rings (SSSR count). The van der Waals surface area contributed by atoms with E-state index in [-0.39, 0.29) is 13.0 Å². The second-order valence-corrected chi connectivity index (χ2v) is 6.10. The molecule has 0 amide bonds. The summed E-state index contributed by atoms with van der Waals surface area (Å²) in [6.45, 7) is 1.83. The van der Waals surface area contributed by atoms with E-state index < -0.39 is 5.97 Å². The van der Waals surface area contributed by atoms with E-state index >= 15 is 0 Å². The minimum Gasteiger partial charge on any atom is -0.481 e. The highest BCUT2D eigenvalue weighted by molar-refractivity contribution is 5.66. The Hall–Kier alpha value is -2.14. The number of aromatic nitrogens is 2. The maximum Gasteiger partial charge on any atom is 0.305 e. The van der Waals surface area contributed by atoms with Crippen molar-refractivity contribution in [3.63, 3.8) is 0 Å². The SMILES string of the molecule is O=C(O)CCOCCc1cccc(-c2cnn(CC3CC3)c2)c1. The first-order valence-electron chi connectivity index (χ1n) is 8.12. The van der Waals surface area contributed by atoms with Crippen LogP contribution >= 0.6 is 0 Å². The number of aliphatic carboxylic acids is 1. The molecule has 0 unspecified atom stereocenters. The van der Waals surface area contributed by atoms with Crippen molar-refractivity contribution in [2.45, 2.75) is 32.2 Å². The lowest BCUT2D eigenvalue weighted by Crippen LogP contribution is -2.05. The summed E-state index contributed by atoms with van der Waals surface area (Å²) in [7, 11) is 0. The highest BCUT2D eigenvalue weighted by Crippen LogP contribution is 2.31. The molecule has 1 heterocycles. The second kappa shape index (κ2) is 7.42. The van der Waals surface area contributed by atoms with E-state index in [0.29, 0.717) is 6.61 Å². The lowest BCUT2D eigenvalue weighted by molar-refractivity contribution is -0.138. The highest BCUT2D eigenvalue weighted by Gasteiger charge is 2.22. The van der Waals surface area contributed by atoms with Crippen LogP contribution in [-0.2, 0) is 22.5 Å². The zero-order valence-electron chi connectivity index (χ0n) is 13.1. The third-order valence-electron chi connectivity index (χ3n) is 4.03. The van der Waals surface area contributed by atoms with Gasteiger partial charge in [0.05, 0.1) is 25.8 Å². The van der Waals surface area contributed by atoms with Crippen LogP contribution < -0.4 is 0 Å². The summed E-state index contributed by atoms with van der Waals surface area (Å²) in [4.78, 5) is 10.4. The fraction of sp³-hybridized carbons (Fsp3) is 0.444. The molecule has 23 heavy (non-hydrogen) atoms. The van der Waals surface area contributed by atoms with E-state index in [1.54, 1.807) is 0 Å². The molecular weight excluding hydrogens is 292 g/mol. The van der Waals surface area contributed by atoms with Crippen LogP contribution in [-0.4, -0.2) is 34.1 Å². The van der Waals surface area contributed by atoms with E-state index in [1.165, 1.54) is 18.4 Å². The molecule has 0 radical (unpaired) electrons. The van der Waals surface area contributed by atoms with Crippen LogP contribution in [0.4, 0.5) is 0 Å². The zero-order valence-corrected chi connectivity index (χ0v) is 13.1. The number of benzene rings is 1. The molecule has 1 saturated carbocycles. The Morgan fingerprint density at radius 1 is 1.30 bits per heavy atom. The molecule has 2 aromatic rings. The molecule has 5 heteroatoms. The van der Waals surface area contributed by atoms with Gasteiger partial charge in [0.15, 0.2) is 0 Å². The second-order valence-electron chi connectivity index (χ2n) is 6.10. The Labute approximate surface area is 135 Å². The van der Waals surface area contributed by atoms with Gasteiger partial charge in [0.1, 0.15) is 0 Å². The lowest BCUT2D eigenvalue weighted by Gasteiger charge is -2.05. The minimum atomic E-state index is -0.824. The monoisotopic (exact) mass is 314 g/mol. The van der Waals surface area contributed by atoms with Crippen molar-refractivity contribution in [1.82, 2.24) is 9.78 Å². The quantitative estimate of drug-likeness (QED) is 0.723. The molecule has 0 bridgehead atoms. The predicted molar refractivity (Wildman–Crippen MR) is 87.2 cm³/mol. The first kappa shape index (κ1) is 15.7. The van der Waals surface area contributed by atoms with Gasteiger partial charge in [0.2, 0.25) is 0 Å². The largest absolute Gasteiger partial charge is 0.481 e. The van der Waals surface area contributed by atoms with Crippen LogP contribution in [0, 0.1) is 5.92 Å². The summed E-state index contributed by atoms with van der Waals surface area (Å²) in [6.07, 6.45) is 7.52. The fourth-order valence-corrected chi connectivity index (χ4v) is 2.54. The molecule has 122 valence electrons. The Bertz CT molecular complexity index is 662. The Balaban J connectivity index is 1.54. The Kier molecular flexibility index (Phi) is 5.08. The number of hydrogen-bond acceptors (Lipinski definition) is 3. The van der Waals surface area contributed by atoms with Crippen LogP contribution in [0.5, 0.6) is 0 Å². The minimum absolute atomic E-state index is 0.0558. The molecule has 0 saturated heterocycles. The molecule has 1 aliphatic carbocycles. The average Bonchev–Trinajstić information content (AvgIpc) is 3.22. The van der Waals surface area contributed by atoms with E-state index in [2.05, 4.69) is 29.5 Å². The molecule has 5 nitrogen and oxygen atoms in total. The van der Waals surface area contributed by atoms with Crippen molar-refractivity contribution < 1.29 is 14.6 Å². The predicted octanol–water partition coefficient (Wildman–Crippen LogP) is 2.99. The molecule has 1 aromatic carbocycles. The summed E-state index contributed by atoms with van der Waals surface area (Å²) in [5.74, 6) is -0.00718. The first-order chi connectivity index (χ1) is 11.2. The summed E-state index contributed by atoms with van der Waals surface area (Å²) >= 11 is 0. The topological polar surface area (TPSA) is 64.3 Å². The number of nitrogens with zero attached hydrogens (tertiary/aromatic N) is 2. The molecular formula is C18H22N2O3. The zero-order chi connectivity index (χ0) is 16.1. The van der Waals surface area contributed by atoms with Crippen LogP contribution in [0.2, 0.25) is 0 Å². The van der Waals surface area contributed by atoms with E-state index in [4.69, 9.17) is 9.84 Å². The Morgan fingerprint density at radius 3 is 2.96 bits per heavy atom. The Morgan fingerprint density at radius 2 is 2.17 bits per heavy atom. The van der Waals surface area contributed by atoms with Gasteiger partial charge in [-0.3, -0.25) is 9.48 Å². The third kappa shape index (κ3) is 4.93. The number of carbonyl (C=O) groups is 1. The van der Waals surface area contributed by atoms with E-state index in [0.717, 1.165) is 30.0 Å². The van der Waals surface area contributed by atoms with Gasteiger partial charge in [0, 0.05) is 18.3 Å². The number of rotatable bonds is 9. The van der Waals surface area contributed by atoms with Crippen LogP contribution in [0.3, 0.4) is 0 Å². The van der Waals surface area contributed by atoms with Crippen LogP contribution in [0.1, 0.15) is 24.8 Å². The number of ether oxygens (including phenoxy) is 1. The standard InChI is InChI=1S/C18H22N2O3/c21-18(22)7-9-23-8-6-14-2-1-3-16(10-14)17-11-19-20(13-17)12-15-4-5-15/h1-3,10-11,13,15H,4-9,12H2,(H,21,22). The number of hydrogen-bond donors (Lipinski definition) is 1. The van der Waals surface area contributed by atoms with Crippen LogP contribution in [0.15, 0.2) is 36.7 Å². The van der Waals surface area contributed by atoms with Crippen molar-refractivity contribution in [3.05, 3.63) is 42.2 Å². The van der Waals surface area contributed by atoms with Gasteiger partial charge in [-0.25, -0.2) is 0 Å². The smallest absolute Gasteiger partial charge is 0.305 e. The third-order valence-corrected chi connectivity index (χ3v) is 4.03. The van der Waals surface area contributed by atoms with Crippen molar-refractivity contribution in [2.75, 3.05) is 13.2 Å². The van der Waals surface area contributed by atoms with Gasteiger partial charge in [0.25, 0.3) is 0 Å². The van der Waals surface area contributed by atoms with Gasteiger partial charge >= 0.3 is 5.97 Å². The molecule has 0 atom stereocenters. The van der Waals surface area contributed by atoms with Gasteiger partial charge in [-0.1, -0.05) is 24.3 Å². The average molecular weight is 314 g/mol. The number of carboxylic acid groups (broad SMARTS) is 1. The maximum absolute atomic E-state index is 10.4. The van der Waals surface area contributed by atoms with Crippen molar-refractivity contribution >= 4 is 5.97 Å². The summed E-state index contributed by atoms with van der Waals surface area (Å²) in [6, 6.07) is 8.35. The normalized spacial score (nSPS) is 14.1. The van der Waals surface area contributed by atoms with E-state index in [1.807, 2.05) is 16.9 Å². The summed E-state index contributed by atoms with van der Waals surface area (Å²) < 4.78 is 7.39. The molecule has 0 spiro atoms.